The number of hydrogen-bond acceptors (Lipinski definition) is 0. The highest BCUT2D eigenvalue weighted by Gasteiger charge is 2.39. The first-order chi connectivity index (χ1) is 30.5. The molecule has 0 atom stereocenters. The van der Waals surface area contributed by atoms with E-state index in [1.54, 1.807) is 0 Å². The minimum absolute atomic E-state index is 0.0212. The molecule has 0 amide bonds. The minimum Gasteiger partial charge on any atom is -0.0622 e. The molecule has 3 aliphatic rings. The van der Waals surface area contributed by atoms with Crippen LogP contribution in [0.3, 0.4) is 0 Å². The summed E-state index contributed by atoms with van der Waals surface area (Å²) in [7, 11) is 0. The van der Waals surface area contributed by atoms with Crippen LogP contribution in [0.25, 0.3) is 89.0 Å². The molecule has 0 saturated heterocycles. The summed E-state index contributed by atoms with van der Waals surface area (Å²) in [5.41, 5.74) is 28.8. The zero-order valence-electron chi connectivity index (χ0n) is 37.0. The van der Waals surface area contributed by atoms with Crippen molar-refractivity contribution in [3.8, 4) is 89.0 Å². The highest BCUT2D eigenvalue weighted by Crippen LogP contribution is 2.54. The molecule has 0 heteroatoms. The molecule has 9 aromatic rings. The monoisotopic (exact) mass is 806 g/mol. The lowest BCUT2D eigenvalue weighted by atomic mass is 9.79. The molecule has 302 valence electrons. The highest BCUT2D eigenvalue weighted by atomic mass is 14.4. The molecule has 63 heavy (non-hydrogen) atoms. The van der Waals surface area contributed by atoms with E-state index < -0.39 is 0 Å². The van der Waals surface area contributed by atoms with Crippen molar-refractivity contribution in [3.63, 3.8) is 0 Å². The second kappa shape index (κ2) is 13.5. The minimum atomic E-state index is -0.146. The van der Waals surface area contributed by atoms with Crippen LogP contribution in [0.1, 0.15) is 74.9 Å². The Kier molecular flexibility index (Phi) is 8.08. The van der Waals surface area contributed by atoms with Gasteiger partial charge in [0.15, 0.2) is 0 Å². The smallest absolute Gasteiger partial charge is 0.0159 e. The van der Waals surface area contributed by atoms with Crippen molar-refractivity contribution in [2.75, 3.05) is 0 Å². The van der Waals surface area contributed by atoms with Gasteiger partial charge in [-0.15, -0.1) is 0 Å². The topological polar surface area (TPSA) is 0 Å². The molecule has 0 aromatic heterocycles. The molecule has 0 bridgehead atoms. The number of fused-ring (bicyclic) bond motifs is 9. The molecule has 0 fully saturated rings. The standard InChI is InChI=1S/C63H50/c1-61(2)55-22-13-12-21-49(55)50-28-24-42(35-56(50)61)43-25-30-53-54-32-27-45(38-60(54)63(5,6)59(53)36-43)44-26-31-52-51-29-23-41(34-57(51)62(3,4)58(52)37-44)40-17-14-18-46(33-40)48-20-11-10-19-47(48)39-15-8-7-9-16-39/h7-38H,1-6H3. The van der Waals surface area contributed by atoms with E-state index in [0.717, 1.165) is 0 Å². The molecule has 0 nitrogen and oxygen atoms in total. The quantitative estimate of drug-likeness (QED) is 0.163. The fourth-order valence-electron chi connectivity index (χ4n) is 11.5. The normalized spacial score (nSPS) is 15.2. The summed E-state index contributed by atoms with van der Waals surface area (Å²) in [5.74, 6) is 0. The van der Waals surface area contributed by atoms with E-state index in [-0.39, 0.29) is 16.2 Å². The maximum atomic E-state index is 2.47. The largest absolute Gasteiger partial charge is 0.0622 e. The number of hydrogen-bond donors (Lipinski definition) is 0. The Morgan fingerprint density at radius 3 is 0.905 bits per heavy atom. The maximum Gasteiger partial charge on any atom is 0.0159 e. The summed E-state index contributed by atoms with van der Waals surface area (Å²) >= 11 is 0. The SMILES string of the molecule is CC1(C)c2ccccc2-c2ccc(-c3ccc4c(c3)C(C)(C)c3cc(-c5ccc6c(c5)C(C)(C)c5cc(-c7cccc(-c8ccccc8-c8ccccc8)c7)ccc5-6)ccc3-4)cc21. The Balaban J connectivity index is 0.850. The van der Waals surface area contributed by atoms with E-state index in [1.165, 1.54) is 122 Å². The zero-order valence-corrected chi connectivity index (χ0v) is 37.0. The van der Waals surface area contributed by atoms with Gasteiger partial charge in [0.25, 0.3) is 0 Å². The second-order valence-electron chi connectivity index (χ2n) is 19.7. The van der Waals surface area contributed by atoms with Crippen molar-refractivity contribution < 1.29 is 0 Å². The van der Waals surface area contributed by atoms with Crippen molar-refractivity contribution in [3.05, 3.63) is 228 Å². The van der Waals surface area contributed by atoms with E-state index in [9.17, 15) is 0 Å². The molecular formula is C63H50. The van der Waals surface area contributed by atoms with Gasteiger partial charge in [0, 0.05) is 16.2 Å². The predicted molar refractivity (Wildman–Crippen MR) is 266 cm³/mol. The van der Waals surface area contributed by atoms with Crippen molar-refractivity contribution >= 4 is 0 Å². The van der Waals surface area contributed by atoms with Crippen LogP contribution >= 0.6 is 0 Å². The first-order valence-corrected chi connectivity index (χ1v) is 22.6. The van der Waals surface area contributed by atoms with Gasteiger partial charge in [-0.3, -0.25) is 0 Å². The van der Waals surface area contributed by atoms with Crippen LogP contribution in [0, 0.1) is 0 Å². The number of rotatable bonds is 5. The first kappa shape index (κ1) is 37.7. The summed E-state index contributed by atoms with van der Waals surface area (Å²) in [6.07, 6.45) is 0. The van der Waals surface area contributed by atoms with Crippen molar-refractivity contribution in [2.45, 2.75) is 57.8 Å². The summed E-state index contributed by atoms with van der Waals surface area (Å²) in [6, 6.07) is 73.2. The van der Waals surface area contributed by atoms with Gasteiger partial charge >= 0.3 is 0 Å². The maximum absolute atomic E-state index is 2.47. The molecule has 12 rings (SSSR count). The molecule has 0 heterocycles. The summed E-state index contributed by atoms with van der Waals surface area (Å²) in [5, 5.41) is 0. The summed E-state index contributed by atoms with van der Waals surface area (Å²) in [6.45, 7) is 14.4. The van der Waals surface area contributed by atoms with E-state index in [0.29, 0.717) is 0 Å². The fraction of sp³-hybridized carbons (Fsp3) is 0.143. The molecule has 3 aliphatic carbocycles. The average Bonchev–Trinajstić information content (AvgIpc) is 3.80. The van der Waals surface area contributed by atoms with Crippen molar-refractivity contribution in [1.29, 1.82) is 0 Å². The Labute approximate surface area is 372 Å². The molecular weight excluding hydrogens is 757 g/mol. The van der Waals surface area contributed by atoms with Gasteiger partial charge in [0.2, 0.25) is 0 Å². The van der Waals surface area contributed by atoms with Crippen LogP contribution < -0.4 is 0 Å². The van der Waals surface area contributed by atoms with Gasteiger partial charge in [0.1, 0.15) is 0 Å². The van der Waals surface area contributed by atoms with Gasteiger partial charge < -0.3 is 0 Å². The Morgan fingerprint density at radius 2 is 0.476 bits per heavy atom. The highest BCUT2D eigenvalue weighted by molar-refractivity contribution is 5.91. The van der Waals surface area contributed by atoms with Gasteiger partial charge in [-0.25, -0.2) is 0 Å². The van der Waals surface area contributed by atoms with Gasteiger partial charge in [-0.1, -0.05) is 199 Å². The first-order valence-electron chi connectivity index (χ1n) is 22.6. The fourth-order valence-corrected chi connectivity index (χ4v) is 11.5. The number of benzene rings is 9. The third kappa shape index (κ3) is 5.60. The lowest BCUT2D eigenvalue weighted by Crippen LogP contribution is -2.16. The van der Waals surface area contributed by atoms with Crippen LogP contribution in [0.2, 0.25) is 0 Å². The van der Waals surface area contributed by atoms with Crippen molar-refractivity contribution in [1.82, 2.24) is 0 Å². The molecule has 0 spiro atoms. The van der Waals surface area contributed by atoms with Crippen LogP contribution in [-0.4, -0.2) is 0 Å². The molecule has 0 saturated carbocycles. The third-order valence-corrected chi connectivity index (χ3v) is 15.1. The molecule has 0 unspecified atom stereocenters. The predicted octanol–water partition coefficient (Wildman–Crippen LogP) is 16.9. The van der Waals surface area contributed by atoms with Crippen LogP contribution in [0.15, 0.2) is 194 Å². The molecule has 0 N–H and O–H groups in total. The summed E-state index contributed by atoms with van der Waals surface area (Å²) < 4.78 is 0. The Morgan fingerprint density at radius 1 is 0.190 bits per heavy atom. The average molecular weight is 807 g/mol. The Bertz CT molecular complexity index is 3350. The zero-order chi connectivity index (χ0) is 42.8. The van der Waals surface area contributed by atoms with E-state index in [2.05, 4.69) is 236 Å². The van der Waals surface area contributed by atoms with Gasteiger partial charge in [-0.2, -0.15) is 0 Å². The van der Waals surface area contributed by atoms with Crippen LogP contribution in [0.4, 0.5) is 0 Å². The van der Waals surface area contributed by atoms with Crippen LogP contribution in [0.5, 0.6) is 0 Å². The lowest BCUT2D eigenvalue weighted by molar-refractivity contribution is 0.659. The summed E-state index contributed by atoms with van der Waals surface area (Å²) in [4.78, 5) is 0. The molecule has 0 aliphatic heterocycles. The lowest BCUT2D eigenvalue weighted by Gasteiger charge is -2.24. The third-order valence-electron chi connectivity index (χ3n) is 15.1. The molecule has 0 radical (unpaired) electrons. The van der Waals surface area contributed by atoms with Crippen molar-refractivity contribution in [2.24, 2.45) is 0 Å². The van der Waals surface area contributed by atoms with Gasteiger partial charge in [0.05, 0.1) is 0 Å². The van der Waals surface area contributed by atoms with Crippen LogP contribution in [-0.2, 0) is 16.2 Å². The van der Waals surface area contributed by atoms with E-state index >= 15 is 0 Å². The van der Waals surface area contributed by atoms with Gasteiger partial charge in [-0.05, 0) is 159 Å². The second-order valence-corrected chi connectivity index (χ2v) is 19.7. The van der Waals surface area contributed by atoms with E-state index in [1.807, 2.05) is 0 Å². The van der Waals surface area contributed by atoms with E-state index in [4.69, 9.17) is 0 Å². The Hall–Kier alpha value is -7.02. The molecule has 9 aromatic carbocycles.